The minimum absolute atomic E-state index is 0.160. The van der Waals surface area contributed by atoms with E-state index in [-0.39, 0.29) is 18.3 Å². The Bertz CT molecular complexity index is 415. The van der Waals surface area contributed by atoms with Gasteiger partial charge in [-0.1, -0.05) is 0 Å². The maximum Gasteiger partial charge on any atom is 0.307 e. The molecule has 0 bridgehead atoms. The number of hydrogen-bond acceptors (Lipinski definition) is 5. The van der Waals surface area contributed by atoms with Crippen LogP contribution in [0.3, 0.4) is 0 Å². The van der Waals surface area contributed by atoms with Gasteiger partial charge in [-0.15, -0.1) is 11.3 Å². The van der Waals surface area contributed by atoms with Gasteiger partial charge in [0.25, 0.3) is 0 Å². The smallest absolute Gasteiger partial charge is 0.307 e. The lowest BCUT2D eigenvalue weighted by molar-refractivity contribution is -0.143. The van der Waals surface area contributed by atoms with E-state index < -0.39 is 0 Å². The first-order chi connectivity index (χ1) is 8.63. The fourth-order valence-corrected chi connectivity index (χ4v) is 1.71. The molecule has 0 saturated carbocycles. The second kappa shape index (κ2) is 7.60. The van der Waals surface area contributed by atoms with Gasteiger partial charge in [-0.3, -0.25) is 9.59 Å². The van der Waals surface area contributed by atoms with Crippen LogP contribution in [0.25, 0.3) is 6.08 Å². The van der Waals surface area contributed by atoms with Crippen LogP contribution < -0.4 is 0 Å². The molecule has 0 fully saturated rings. The number of carbonyl (C=O) groups is 2. The summed E-state index contributed by atoms with van der Waals surface area (Å²) in [5.41, 5.74) is 2.46. The number of amides is 1. The van der Waals surface area contributed by atoms with Crippen LogP contribution in [0, 0.1) is 0 Å². The van der Waals surface area contributed by atoms with E-state index in [2.05, 4.69) is 4.98 Å². The molecule has 6 heteroatoms. The molecule has 0 spiro atoms. The molecule has 1 aromatic heterocycles. The normalized spacial score (nSPS) is 10.6. The molecular formula is C12H16N2O3S. The molecule has 0 saturated heterocycles. The predicted octanol–water partition coefficient (Wildman–Crippen LogP) is 1.57. The van der Waals surface area contributed by atoms with E-state index in [9.17, 15) is 9.59 Å². The van der Waals surface area contributed by atoms with Gasteiger partial charge in [0, 0.05) is 25.0 Å². The summed E-state index contributed by atoms with van der Waals surface area (Å²) >= 11 is 1.47. The van der Waals surface area contributed by atoms with Crippen LogP contribution in [0.15, 0.2) is 17.0 Å². The lowest BCUT2D eigenvalue weighted by Gasteiger charge is -2.14. The number of hydrogen-bond donors (Lipinski definition) is 0. The fraction of sp³-hybridized carbons (Fsp3) is 0.417. The monoisotopic (exact) mass is 268 g/mol. The molecule has 0 atom stereocenters. The van der Waals surface area contributed by atoms with E-state index in [0.29, 0.717) is 13.2 Å². The Morgan fingerprint density at radius 2 is 2.33 bits per heavy atom. The molecule has 18 heavy (non-hydrogen) atoms. The summed E-state index contributed by atoms with van der Waals surface area (Å²) in [4.78, 5) is 28.3. The van der Waals surface area contributed by atoms with Gasteiger partial charge in [0.2, 0.25) is 5.91 Å². The predicted molar refractivity (Wildman–Crippen MR) is 70.0 cm³/mol. The SMILES string of the molecule is CCOC(=O)CCN(C)C(=O)/C=C/c1cscn1. The van der Waals surface area contributed by atoms with Crippen LogP contribution in [-0.4, -0.2) is 42.0 Å². The summed E-state index contributed by atoms with van der Waals surface area (Å²) in [6, 6.07) is 0. The van der Waals surface area contributed by atoms with Crippen LogP contribution >= 0.6 is 11.3 Å². The van der Waals surface area contributed by atoms with Crippen molar-refractivity contribution < 1.29 is 14.3 Å². The number of thiazole rings is 1. The molecule has 0 N–H and O–H groups in total. The summed E-state index contributed by atoms with van der Waals surface area (Å²) in [6.45, 7) is 2.46. The van der Waals surface area contributed by atoms with Crippen molar-refractivity contribution in [2.75, 3.05) is 20.2 Å². The van der Waals surface area contributed by atoms with E-state index >= 15 is 0 Å². The Kier molecular flexibility index (Phi) is 6.07. The van der Waals surface area contributed by atoms with Gasteiger partial charge in [0.15, 0.2) is 0 Å². The molecule has 0 unspecified atom stereocenters. The quantitative estimate of drug-likeness (QED) is 0.580. The average Bonchev–Trinajstić information content (AvgIpc) is 2.86. The molecule has 0 aliphatic rings. The van der Waals surface area contributed by atoms with E-state index in [1.54, 1.807) is 25.6 Å². The molecular weight excluding hydrogens is 252 g/mol. The summed E-state index contributed by atoms with van der Waals surface area (Å²) in [6.07, 6.45) is 3.31. The minimum Gasteiger partial charge on any atom is -0.466 e. The van der Waals surface area contributed by atoms with Crippen LogP contribution in [0.2, 0.25) is 0 Å². The molecule has 5 nitrogen and oxygen atoms in total. The Hall–Kier alpha value is -1.69. The zero-order valence-electron chi connectivity index (χ0n) is 10.5. The lowest BCUT2D eigenvalue weighted by Crippen LogP contribution is -2.27. The minimum atomic E-state index is -0.291. The molecule has 0 aliphatic carbocycles. The maximum atomic E-state index is 11.7. The molecule has 1 heterocycles. The number of carbonyl (C=O) groups excluding carboxylic acids is 2. The van der Waals surface area contributed by atoms with Crippen molar-refractivity contribution in [3.8, 4) is 0 Å². The third kappa shape index (κ3) is 5.09. The Morgan fingerprint density at radius 1 is 1.56 bits per heavy atom. The topological polar surface area (TPSA) is 59.5 Å². The summed E-state index contributed by atoms with van der Waals surface area (Å²) < 4.78 is 4.79. The summed E-state index contributed by atoms with van der Waals surface area (Å²) in [7, 11) is 1.65. The van der Waals surface area contributed by atoms with Crippen molar-refractivity contribution in [1.82, 2.24) is 9.88 Å². The first-order valence-corrected chi connectivity index (χ1v) is 6.54. The number of aromatic nitrogens is 1. The zero-order valence-corrected chi connectivity index (χ0v) is 11.3. The molecule has 0 radical (unpaired) electrons. The molecule has 0 aromatic carbocycles. The van der Waals surface area contributed by atoms with Crippen LogP contribution in [0.5, 0.6) is 0 Å². The van der Waals surface area contributed by atoms with Crippen molar-refractivity contribution in [2.45, 2.75) is 13.3 Å². The van der Waals surface area contributed by atoms with Crippen molar-refractivity contribution in [3.05, 3.63) is 22.7 Å². The van der Waals surface area contributed by atoms with E-state index in [0.717, 1.165) is 5.69 Å². The standard InChI is InChI=1S/C12H16N2O3S/c1-3-17-12(16)6-7-14(2)11(15)5-4-10-8-18-9-13-10/h4-5,8-9H,3,6-7H2,1-2H3/b5-4+. The lowest BCUT2D eigenvalue weighted by atomic mass is 10.3. The van der Waals surface area contributed by atoms with Gasteiger partial charge in [0.05, 0.1) is 24.2 Å². The van der Waals surface area contributed by atoms with Crippen molar-refractivity contribution in [1.29, 1.82) is 0 Å². The second-order valence-electron chi connectivity index (χ2n) is 3.56. The van der Waals surface area contributed by atoms with Gasteiger partial charge in [-0.25, -0.2) is 4.98 Å². The van der Waals surface area contributed by atoms with E-state index in [1.807, 2.05) is 5.38 Å². The highest BCUT2D eigenvalue weighted by molar-refractivity contribution is 7.07. The van der Waals surface area contributed by atoms with Gasteiger partial charge in [-0.05, 0) is 13.0 Å². The Morgan fingerprint density at radius 3 is 2.94 bits per heavy atom. The summed E-state index contributed by atoms with van der Waals surface area (Å²) in [5.74, 6) is -0.451. The van der Waals surface area contributed by atoms with E-state index in [4.69, 9.17) is 4.74 Å². The van der Waals surface area contributed by atoms with E-state index in [1.165, 1.54) is 22.3 Å². The van der Waals surface area contributed by atoms with Crippen molar-refractivity contribution in [3.63, 3.8) is 0 Å². The zero-order chi connectivity index (χ0) is 13.4. The first-order valence-electron chi connectivity index (χ1n) is 5.60. The number of esters is 1. The number of nitrogens with zero attached hydrogens (tertiary/aromatic N) is 2. The van der Waals surface area contributed by atoms with Crippen molar-refractivity contribution >= 4 is 29.3 Å². The van der Waals surface area contributed by atoms with Gasteiger partial charge in [0.1, 0.15) is 0 Å². The Balaban J connectivity index is 2.35. The third-order valence-electron chi connectivity index (χ3n) is 2.18. The van der Waals surface area contributed by atoms with Gasteiger partial charge < -0.3 is 9.64 Å². The van der Waals surface area contributed by atoms with Crippen LogP contribution in [-0.2, 0) is 14.3 Å². The highest BCUT2D eigenvalue weighted by Gasteiger charge is 2.08. The summed E-state index contributed by atoms with van der Waals surface area (Å²) in [5, 5.41) is 1.85. The highest BCUT2D eigenvalue weighted by atomic mass is 32.1. The number of ether oxygens (including phenoxy) is 1. The fourth-order valence-electron chi connectivity index (χ4n) is 1.19. The molecule has 0 aliphatic heterocycles. The Labute approximate surface area is 110 Å². The molecule has 1 amide bonds. The maximum absolute atomic E-state index is 11.7. The highest BCUT2D eigenvalue weighted by Crippen LogP contribution is 2.03. The largest absolute Gasteiger partial charge is 0.466 e. The first kappa shape index (κ1) is 14.4. The average molecular weight is 268 g/mol. The third-order valence-corrected chi connectivity index (χ3v) is 2.79. The molecule has 98 valence electrons. The second-order valence-corrected chi connectivity index (χ2v) is 4.28. The van der Waals surface area contributed by atoms with Crippen LogP contribution in [0.1, 0.15) is 19.0 Å². The van der Waals surface area contributed by atoms with Gasteiger partial charge >= 0.3 is 5.97 Å². The van der Waals surface area contributed by atoms with Gasteiger partial charge in [-0.2, -0.15) is 0 Å². The van der Waals surface area contributed by atoms with Crippen molar-refractivity contribution in [2.24, 2.45) is 0 Å². The number of rotatable bonds is 6. The van der Waals surface area contributed by atoms with Crippen LogP contribution in [0.4, 0.5) is 0 Å². The molecule has 1 rings (SSSR count). The number of likely N-dealkylation sites (N-methyl/N-ethyl adjacent to an activating group) is 1. The molecule has 1 aromatic rings.